The van der Waals surface area contributed by atoms with E-state index in [1.165, 1.54) is 18.4 Å². The summed E-state index contributed by atoms with van der Waals surface area (Å²) in [5.74, 6) is 0.900. The summed E-state index contributed by atoms with van der Waals surface area (Å²) in [6.45, 7) is 5.15. The zero-order chi connectivity index (χ0) is 23.3. The molecule has 0 aromatic heterocycles. The van der Waals surface area contributed by atoms with E-state index >= 15 is 0 Å². The number of methoxy groups -OCH3 is 2. The molecular formula is C28H38N2O3. The van der Waals surface area contributed by atoms with Gasteiger partial charge in [0, 0.05) is 25.3 Å². The average molecular weight is 451 g/mol. The topological polar surface area (TPSA) is 54.0 Å². The Bertz CT molecular complexity index is 910. The molecule has 3 atom stereocenters. The van der Waals surface area contributed by atoms with Crippen molar-refractivity contribution in [1.82, 2.24) is 10.2 Å². The lowest BCUT2D eigenvalue weighted by atomic mass is 9.91. The van der Waals surface area contributed by atoms with Gasteiger partial charge >= 0.3 is 0 Å². The first kappa shape index (κ1) is 24.0. The highest BCUT2D eigenvalue weighted by Crippen LogP contribution is 2.54. The van der Waals surface area contributed by atoms with Crippen molar-refractivity contribution in [3.63, 3.8) is 0 Å². The van der Waals surface area contributed by atoms with Gasteiger partial charge < -0.3 is 14.6 Å². The molecule has 0 bridgehead atoms. The summed E-state index contributed by atoms with van der Waals surface area (Å²) in [6.07, 6.45) is 14.1. The maximum atomic E-state index is 11.0. The van der Waals surface area contributed by atoms with E-state index in [9.17, 15) is 5.11 Å². The van der Waals surface area contributed by atoms with Gasteiger partial charge in [0.15, 0.2) is 0 Å². The lowest BCUT2D eigenvalue weighted by molar-refractivity contribution is 0.126. The lowest BCUT2D eigenvalue weighted by Crippen LogP contribution is -2.41. The minimum absolute atomic E-state index is 0.101. The highest BCUT2D eigenvalue weighted by molar-refractivity contribution is 5.69. The molecule has 1 spiro atoms. The van der Waals surface area contributed by atoms with Crippen molar-refractivity contribution in [3.8, 4) is 0 Å². The van der Waals surface area contributed by atoms with Crippen molar-refractivity contribution >= 4 is 5.57 Å². The van der Waals surface area contributed by atoms with Gasteiger partial charge in [-0.05, 0) is 74.4 Å². The number of benzene rings is 1. The molecule has 1 aromatic carbocycles. The number of aliphatic hydroxyl groups excluding tert-OH is 1. The fourth-order valence-corrected chi connectivity index (χ4v) is 5.23. The Kier molecular flexibility index (Phi) is 7.86. The van der Waals surface area contributed by atoms with Crippen LogP contribution in [0.2, 0.25) is 0 Å². The summed E-state index contributed by atoms with van der Waals surface area (Å²) < 4.78 is 11.0. The molecule has 1 saturated carbocycles. The molecule has 178 valence electrons. The molecule has 3 aliphatic rings. The molecule has 2 N–H and O–H groups in total. The highest BCUT2D eigenvalue weighted by atomic mass is 16.5. The number of allylic oxidation sites excluding steroid dienone is 4. The van der Waals surface area contributed by atoms with Gasteiger partial charge in [-0.25, -0.2) is 0 Å². The molecule has 5 nitrogen and oxygen atoms in total. The van der Waals surface area contributed by atoms with Crippen LogP contribution in [0.3, 0.4) is 0 Å². The smallest absolute Gasteiger partial charge is 0.131 e. The fraction of sp³-hybridized carbons (Fsp3) is 0.500. The molecule has 4 rings (SSSR count). The summed E-state index contributed by atoms with van der Waals surface area (Å²) in [4.78, 5) is 2.55. The van der Waals surface area contributed by atoms with Crippen LogP contribution >= 0.6 is 0 Å². The van der Waals surface area contributed by atoms with E-state index in [0.717, 1.165) is 49.4 Å². The van der Waals surface area contributed by atoms with E-state index in [-0.39, 0.29) is 6.10 Å². The molecular weight excluding hydrogens is 412 g/mol. The Labute approximate surface area is 198 Å². The van der Waals surface area contributed by atoms with Gasteiger partial charge in [0.2, 0.25) is 0 Å². The van der Waals surface area contributed by atoms with E-state index in [1.807, 2.05) is 43.4 Å². The Hall–Kier alpha value is -2.18. The first-order chi connectivity index (χ1) is 16.1. The minimum atomic E-state index is -0.663. The monoisotopic (exact) mass is 450 g/mol. The van der Waals surface area contributed by atoms with Crippen LogP contribution in [0.5, 0.6) is 0 Å². The summed E-state index contributed by atoms with van der Waals surface area (Å²) in [6, 6.07) is 10.5. The fourth-order valence-electron chi connectivity index (χ4n) is 5.23. The number of piperidine rings is 1. The predicted octanol–water partition coefficient (Wildman–Crippen LogP) is 4.28. The zero-order valence-corrected chi connectivity index (χ0v) is 20.2. The molecule has 1 heterocycles. The second-order valence-electron chi connectivity index (χ2n) is 9.53. The number of nitrogens with zero attached hydrogens (tertiary/aromatic N) is 1. The molecule has 0 radical (unpaired) electrons. The van der Waals surface area contributed by atoms with Gasteiger partial charge in [0.25, 0.3) is 0 Å². The second-order valence-corrected chi connectivity index (χ2v) is 9.53. The summed E-state index contributed by atoms with van der Waals surface area (Å²) in [7, 11) is 3.47. The normalized spacial score (nSPS) is 26.2. The van der Waals surface area contributed by atoms with Crippen molar-refractivity contribution in [1.29, 1.82) is 0 Å². The second kappa shape index (κ2) is 10.8. The van der Waals surface area contributed by atoms with Crippen LogP contribution in [0.1, 0.15) is 38.2 Å². The van der Waals surface area contributed by atoms with E-state index in [4.69, 9.17) is 9.47 Å². The lowest BCUT2D eigenvalue weighted by Gasteiger charge is -2.34. The number of hydrogen-bond acceptors (Lipinski definition) is 5. The summed E-state index contributed by atoms with van der Waals surface area (Å²) in [5.41, 5.74) is 3.68. The number of ether oxygens (including phenoxy) is 2. The van der Waals surface area contributed by atoms with Crippen LogP contribution < -0.4 is 5.32 Å². The number of nitrogens with one attached hydrogen (secondary N) is 1. The third-order valence-electron chi connectivity index (χ3n) is 7.40. The number of likely N-dealkylation sites (tertiary alicyclic amines) is 1. The van der Waals surface area contributed by atoms with Crippen LogP contribution in [0.25, 0.3) is 5.57 Å². The van der Waals surface area contributed by atoms with E-state index in [0.29, 0.717) is 11.5 Å². The number of aliphatic hydroxyl groups is 1. The van der Waals surface area contributed by atoms with E-state index in [2.05, 4.69) is 34.5 Å². The van der Waals surface area contributed by atoms with Crippen LogP contribution in [0.15, 0.2) is 72.0 Å². The van der Waals surface area contributed by atoms with Gasteiger partial charge in [0.05, 0.1) is 13.2 Å². The van der Waals surface area contributed by atoms with Crippen LogP contribution in [-0.2, 0) is 9.47 Å². The molecule has 33 heavy (non-hydrogen) atoms. The predicted molar refractivity (Wildman–Crippen MR) is 133 cm³/mol. The maximum absolute atomic E-state index is 11.0. The maximum Gasteiger partial charge on any atom is 0.131 e. The Balaban J connectivity index is 1.31. The molecule has 3 unspecified atom stereocenters. The van der Waals surface area contributed by atoms with E-state index in [1.54, 1.807) is 14.2 Å². The largest absolute Gasteiger partial charge is 0.497 e. The highest BCUT2D eigenvalue weighted by Gasteiger charge is 2.55. The van der Waals surface area contributed by atoms with Crippen molar-refractivity contribution in [3.05, 3.63) is 77.6 Å². The minimum Gasteiger partial charge on any atom is -0.497 e. The van der Waals surface area contributed by atoms with Crippen LogP contribution in [-0.4, -0.2) is 62.2 Å². The molecule has 2 fully saturated rings. The van der Waals surface area contributed by atoms with Crippen molar-refractivity contribution in [2.75, 3.05) is 33.9 Å². The van der Waals surface area contributed by atoms with Gasteiger partial charge in [-0.2, -0.15) is 0 Å². The summed E-state index contributed by atoms with van der Waals surface area (Å²) >= 11 is 0. The first-order valence-electron chi connectivity index (χ1n) is 12.1. The molecule has 0 amide bonds. The molecule has 1 saturated heterocycles. The third kappa shape index (κ3) is 5.85. The quantitative estimate of drug-likeness (QED) is 0.434. The van der Waals surface area contributed by atoms with Gasteiger partial charge in [0.1, 0.15) is 12.0 Å². The number of rotatable bonds is 9. The number of hydrogen-bond donors (Lipinski definition) is 2. The first-order valence-corrected chi connectivity index (χ1v) is 12.1. The van der Waals surface area contributed by atoms with E-state index < -0.39 is 6.23 Å². The van der Waals surface area contributed by atoms with Crippen LogP contribution in [0, 0.1) is 5.41 Å². The van der Waals surface area contributed by atoms with Crippen molar-refractivity contribution in [2.45, 2.75) is 51.0 Å². The van der Waals surface area contributed by atoms with Gasteiger partial charge in [-0.15, -0.1) is 0 Å². The van der Waals surface area contributed by atoms with Gasteiger partial charge in [-0.1, -0.05) is 48.6 Å². The van der Waals surface area contributed by atoms with Crippen molar-refractivity contribution in [2.24, 2.45) is 5.41 Å². The zero-order valence-electron chi connectivity index (χ0n) is 20.2. The Morgan fingerprint density at radius 3 is 2.67 bits per heavy atom. The Morgan fingerprint density at radius 2 is 2.00 bits per heavy atom. The standard InChI is InChI=1S/C28H38N2O3/c1-4-5-11-25(22-9-7-6-8-10-22)27(31)29-26-19-28(26)12-14-30(15-13-28)20-21-16-23(32-2)18-24(17-21)33-3/h4-11,16,18,24,26-27,29,31H,12-15,17,19-20H2,1-3H3/b5-4-,25-11+. The molecule has 1 aromatic rings. The Morgan fingerprint density at radius 1 is 1.24 bits per heavy atom. The summed E-state index contributed by atoms with van der Waals surface area (Å²) in [5, 5.41) is 14.5. The molecule has 1 aliphatic heterocycles. The molecule has 5 heteroatoms. The SMILES string of the molecule is C/C=C\C=C(/c1ccccc1)C(O)NC1CC12CCN(CC1=CC(OC)=CC(OC)C1)CC2. The van der Waals surface area contributed by atoms with Crippen LogP contribution in [0.4, 0.5) is 0 Å². The van der Waals surface area contributed by atoms with Gasteiger partial charge in [-0.3, -0.25) is 10.2 Å². The molecule has 2 aliphatic carbocycles. The van der Waals surface area contributed by atoms with Crippen molar-refractivity contribution < 1.29 is 14.6 Å². The third-order valence-corrected chi connectivity index (χ3v) is 7.40. The average Bonchev–Trinajstić information content (AvgIpc) is 3.51.